The number of benzene rings is 1. The summed E-state index contributed by atoms with van der Waals surface area (Å²) in [5.74, 6) is 0. The molecule has 1 fully saturated rings. The van der Waals surface area contributed by atoms with E-state index in [-0.39, 0.29) is 0 Å². The second kappa shape index (κ2) is 3.88. The van der Waals surface area contributed by atoms with Crippen molar-refractivity contribution in [3.8, 4) is 0 Å². The van der Waals surface area contributed by atoms with Gasteiger partial charge in [0.15, 0.2) is 4.73 Å². The van der Waals surface area contributed by atoms with Crippen LogP contribution in [0.15, 0.2) is 22.9 Å². The molecule has 0 bridgehead atoms. The normalized spacial score (nSPS) is 17.4. The van der Waals surface area contributed by atoms with E-state index in [1.165, 1.54) is 36.8 Å². The highest BCUT2D eigenvalue weighted by atomic mass is 79.9. The Morgan fingerprint density at radius 2 is 2.06 bits per heavy atom. The third-order valence-corrected chi connectivity index (χ3v) is 4.05. The van der Waals surface area contributed by atoms with E-state index in [0.717, 1.165) is 10.3 Å². The molecule has 1 aromatic carbocycles. The Morgan fingerprint density at radius 3 is 2.81 bits per heavy atom. The summed E-state index contributed by atoms with van der Waals surface area (Å²) in [4.78, 5) is 4.58. The predicted molar refractivity (Wildman–Crippen MR) is 69.7 cm³/mol. The molecular weight excluding hydrogens is 264 g/mol. The van der Waals surface area contributed by atoms with Gasteiger partial charge in [-0.2, -0.15) is 0 Å². The van der Waals surface area contributed by atoms with Crippen LogP contribution in [0, 0.1) is 6.92 Å². The van der Waals surface area contributed by atoms with Crippen LogP contribution in [0.2, 0.25) is 0 Å². The quantitative estimate of drug-likeness (QED) is 0.764. The van der Waals surface area contributed by atoms with Gasteiger partial charge in [-0.15, -0.1) is 0 Å². The summed E-state index contributed by atoms with van der Waals surface area (Å²) < 4.78 is 3.36. The molecule has 1 aliphatic carbocycles. The molecule has 16 heavy (non-hydrogen) atoms. The van der Waals surface area contributed by atoms with Gasteiger partial charge < -0.3 is 4.57 Å². The van der Waals surface area contributed by atoms with Gasteiger partial charge in [0.2, 0.25) is 0 Å². The SMILES string of the molecule is Cc1ccc2nc(Br)n(C3CCCC3)c2c1. The molecule has 1 heterocycles. The molecule has 0 atom stereocenters. The van der Waals surface area contributed by atoms with Crippen LogP contribution in [0.5, 0.6) is 0 Å². The lowest BCUT2D eigenvalue weighted by molar-refractivity contribution is 0.522. The van der Waals surface area contributed by atoms with Gasteiger partial charge >= 0.3 is 0 Å². The number of imidazole rings is 1. The van der Waals surface area contributed by atoms with E-state index < -0.39 is 0 Å². The summed E-state index contributed by atoms with van der Waals surface area (Å²) in [7, 11) is 0. The second-order valence-electron chi connectivity index (χ2n) is 4.68. The van der Waals surface area contributed by atoms with Crippen LogP contribution in [-0.4, -0.2) is 9.55 Å². The largest absolute Gasteiger partial charge is 0.315 e. The molecule has 1 aromatic heterocycles. The number of hydrogen-bond donors (Lipinski definition) is 0. The Labute approximate surface area is 104 Å². The van der Waals surface area contributed by atoms with Gasteiger partial charge in [-0.1, -0.05) is 18.9 Å². The van der Waals surface area contributed by atoms with Gasteiger partial charge in [0.05, 0.1) is 11.0 Å². The first-order valence-electron chi connectivity index (χ1n) is 5.90. The Morgan fingerprint density at radius 1 is 1.31 bits per heavy atom. The molecule has 1 aliphatic rings. The molecular formula is C13H15BrN2. The number of halogens is 1. The molecule has 1 saturated carbocycles. The summed E-state index contributed by atoms with van der Waals surface area (Å²) >= 11 is 3.60. The van der Waals surface area contributed by atoms with Crippen molar-refractivity contribution in [1.82, 2.24) is 9.55 Å². The molecule has 3 rings (SSSR count). The molecule has 2 nitrogen and oxygen atoms in total. The maximum absolute atomic E-state index is 4.58. The fourth-order valence-corrected chi connectivity index (χ4v) is 3.36. The zero-order valence-corrected chi connectivity index (χ0v) is 11.0. The van der Waals surface area contributed by atoms with E-state index in [9.17, 15) is 0 Å². The molecule has 0 amide bonds. The van der Waals surface area contributed by atoms with Crippen molar-refractivity contribution >= 4 is 27.0 Å². The van der Waals surface area contributed by atoms with Crippen molar-refractivity contribution in [3.05, 3.63) is 28.5 Å². The second-order valence-corrected chi connectivity index (χ2v) is 5.39. The van der Waals surface area contributed by atoms with Crippen LogP contribution in [0.3, 0.4) is 0 Å². The molecule has 0 saturated heterocycles. The van der Waals surface area contributed by atoms with Crippen molar-refractivity contribution < 1.29 is 0 Å². The van der Waals surface area contributed by atoms with Crippen molar-refractivity contribution in [1.29, 1.82) is 0 Å². The highest BCUT2D eigenvalue weighted by Gasteiger charge is 2.21. The van der Waals surface area contributed by atoms with Crippen molar-refractivity contribution in [3.63, 3.8) is 0 Å². The standard InChI is InChI=1S/C13H15BrN2/c1-9-6-7-11-12(8-9)16(13(14)15-11)10-4-2-3-5-10/h6-8,10H,2-5H2,1H3. The average Bonchev–Trinajstić information content (AvgIpc) is 2.83. The Kier molecular flexibility index (Phi) is 2.51. The van der Waals surface area contributed by atoms with E-state index in [4.69, 9.17) is 0 Å². The number of hydrogen-bond acceptors (Lipinski definition) is 1. The van der Waals surface area contributed by atoms with Gasteiger partial charge in [-0.3, -0.25) is 0 Å². The third-order valence-electron chi connectivity index (χ3n) is 3.49. The summed E-state index contributed by atoms with van der Waals surface area (Å²) in [5.41, 5.74) is 3.68. The first kappa shape index (κ1) is 10.3. The van der Waals surface area contributed by atoms with Crippen LogP contribution in [0.4, 0.5) is 0 Å². The summed E-state index contributed by atoms with van der Waals surface area (Å²) in [5, 5.41) is 0. The van der Waals surface area contributed by atoms with Crippen molar-refractivity contribution in [2.24, 2.45) is 0 Å². The Hall–Kier alpha value is -0.830. The smallest absolute Gasteiger partial charge is 0.178 e. The Bertz CT molecular complexity index is 524. The van der Waals surface area contributed by atoms with Gasteiger partial charge in [-0.25, -0.2) is 4.98 Å². The van der Waals surface area contributed by atoms with E-state index in [1.807, 2.05) is 0 Å². The van der Waals surface area contributed by atoms with E-state index in [0.29, 0.717) is 6.04 Å². The van der Waals surface area contributed by atoms with Crippen LogP contribution in [0.1, 0.15) is 37.3 Å². The van der Waals surface area contributed by atoms with E-state index >= 15 is 0 Å². The van der Waals surface area contributed by atoms with Crippen LogP contribution in [-0.2, 0) is 0 Å². The molecule has 0 radical (unpaired) electrons. The predicted octanol–water partition coefficient (Wildman–Crippen LogP) is 4.22. The zero-order chi connectivity index (χ0) is 11.1. The lowest BCUT2D eigenvalue weighted by Gasteiger charge is -2.13. The molecule has 0 N–H and O–H groups in total. The van der Waals surface area contributed by atoms with Gasteiger partial charge in [0.1, 0.15) is 0 Å². The summed E-state index contributed by atoms with van der Waals surface area (Å²) in [6.45, 7) is 2.14. The number of aromatic nitrogens is 2. The maximum atomic E-state index is 4.58. The highest BCUT2D eigenvalue weighted by molar-refractivity contribution is 9.10. The average molecular weight is 279 g/mol. The fourth-order valence-electron chi connectivity index (χ4n) is 2.68. The summed E-state index contributed by atoms with van der Waals surface area (Å²) in [6, 6.07) is 7.12. The number of fused-ring (bicyclic) bond motifs is 1. The first-order valence-corrected chi connectivity index (χ1v) is 6.69. The Balaban J connectivity index is 2.20. The van der Waals surface area contributed by atoms with Gasteiger partial charge in [0.25, 0.3) is 0 Å². The molecule has 3 heteroatoms. The number of rotatable bonds is 1. The minimum atomic E-state index is 0.640. The van der Waals surface area contributed by atoms with Gasteiger partial charge in [-0.05, 0) is 53.4 Å². The topological polar surface area (TPSA) is 17.8 Å². The lowest BCUT2D eigenvalue weighted by Crippen LogP contribution is -2.04. The van der Waals surface area contributed by atoms with Crippen LogP contribution in [0.25, 0.3) is 11.0 Å². The van der Waals surface area contributed by atoms with E-state index in [1.54, 1.807) is 0 Å². The molecule has 0 spiro atoms. The van der Waals surface area contributed by atoms with Crippen molar-refractivity contribution in [2.75, 3.05) is 0 Å². The number of nitrogens with zero attached hydrogens (tertiary/aromatic N) is 2. The molecule has 0 unspecified atom stereocenters. The summed E-state index contributed by atoms with van der Waals surface area (Å²) in [6.07, 6.45) is 5.28. The maximum Gasteiger partial charge on any atom is 0.178 e. The molecule has 0 aliphatic heterocycles. The minimum Gasteiger partial charge on any atom is -0.315 e. The highest BCUT2D eigenvalue weighted by Crippen LogP contribution is 2.35. The molecule has 2 aromatic rings. The first-order chi connectivity index (χ1) is 7.75. The van der Waals surface area contributed by atoms with Crippen LogP contribution < -0.4 is 0 Å². The fraction of sp³-hybridized carbons (Fsp3) is 0.462. The lowest BCUT2D eigenvalue weighted by atomic mass is 10.2. The number of aryl methyl sites for hydroxylation is 1. The monoisotopic (exact) mass is 278 g/mol. The minimum absolute atomic E-state index is 0.640. The van der Waals surface area contributed by atoms with Crippen LogP contribution >= 0.6 is 15.9 Å². The van der Waals surface area contributed by atoms with Gasteiger partial charge in [0, 0.05) is 6.04 Å². The van der Waals surface area contributed by atoms with Crippen molar-refractivity contribution in [2.45, 2.75) is 38.6 Å². The molecule has 84 valence electrons. The van der Waals surface area contributed by atoms with E-state index in [2.05, 4.69) is 50.6 Å². The zero-order valence-electron chi connectivity index (χ0n) is 9.41. The third kappa shape index (κ3) is 1.58.